The molecule has 0 spiro atoms. The zero-order chi connectivity index (χ0) is 13.0. The standard InChI is InChI=1S/C13H18N4O/c1-3-6-15-12(11-8-18-9(2)17-11)10-5-4-7-16-13(10)14/h4-5,7-8,12,15H,3,6H2,1-2H3,(H2,14,16). The van der Waals surface area contributed by atoms with Gasteiger partial charge in [0.1, 0.15) is 17.8 Å². The molecular formula is C13H18N4O. The van der Waals surface area contributed by atoms with Crippen LogP contribution >= 0.6 is 0 Å². The summed E-state index contributed by atoms with van der Waals surface area (Å²) in [6.45, 7) is 4.82. The van der Waals surface area contributed by atoms with Crippen molar-refractivity contribution in [2.75, 3.05) is 12.3 Å². The van der Waals surface area contributed by atoms with Crippen LogP contribution in [0.1, 0.15) is 36.5 Å². The van der Waals surface area contributed by atoms with Crippen LogP contribution in [0.5, 0.6) is 0 Å². The van der Waals surface area contributed by atoms with Crippen LogP contribution in [-0.4, -0.2) is 16.5 Å². The Morgan fingerprint density at radius 3 is 2.94 bits per heavy atom. The fourth-order valence-corrected chi connectivity index (χ4v) is 1.85. The van der Waals surface area contributed by atoms with Gasteiger partial charge in [0, 0.05) is 18.7 Å². The highest BCUT2D eigenvalue weighted by Crippen LogP contribution is 2.24. The van der Waals surface area contributed by atoms with Gasteiger partial charge in [-0.15, -0.1) is 0 Å². The van der Waals surface area contributed by atoms with Crippen molar-refractivity contribution in [3.63, 3.8) is 0 Å². The number of hydrogen-bond donors (Lipinski definition) is 2. The molecule has 0 fully saturated rings. The van der Waals surface area contributed by atoms with E-state index in [1.807, 2.05) is 19.1 Å². The van der Waals surface area contributed by atoms with Crippen molar-refractivity contribution in [1.29, 1.82) is 0 Å². The summed E-state index contributed by atoms with van der Waals surface area (Å²) in [7, 11) is 0. The van der Waals surface area contributed by atoms with Crippen molar-refractivity contribution in [2.45, 2.75) is 26.3 Å². The number of rotatable bonds is 5. The van der Waals surface area contributed by atoms with Gasteiger partial charge in [0.15, 0.2) is 5.89 Å². The van der Waals surface area contributed by atoms with Crippen molar-refractivity contribution in [3.05, 3.63) is 41.7 Å². The summed E-state index contributed by atoms with van der Waals surface area (Å²) in [6.07, 6.45) is 4.38. The van der Waals surface area contributed by atoms with Gasteiger partial charge < -0.3 is 15.5 Å². The number of aromatic nitrogens is 2. The second-order valence-corrected chi connectivity index (χ2v) is 4.16. The third-order valence-corrected chi connectivity index (χ3v) is 2.71. The molecule has 18 heavy (non-hydrogen) atoms. The molecule has 0 saturated heterocycles. The van der Waals surface area contributed by atoms with Gasteiger partial charge in [-0.1, -0.05) is 13.0 Å². The summed E-state index contributed by atoms with van der Waals surface area (Å²) in [5.74, 6) is 1.17. The molecule has 0 radical (unpaired) electrons. The van der Waals surface area contributed by atoms with E-state index in [0.29, 0.717) is 11.7 Å². The summed E-state index contributed by atoms with van der Waals surface area (Å²) >= 11 is 0. The van der Waals surface area contributed by atoms with Gasteiger partial charge in [-0.25, -0.2) is 9.97 Å². The number of nitrogens with zero attached hydrogens (tertiary/aromatic N) is 2. The summed E-state index contributed by atoms with van der Waals surface area (Å²) in [6, 6.07) is 3.76. The Kier molecular flexibility index (Phi) is 3.94. The van der Waals surface area contributed by atoms with E-state index in [9.17, 15) is 0 Å². The van der Waals surface area contributed by atoms with Gasteiger partial charge in [-0.2, -0.15) is 0 Å². The largest absolute Gasteiger partial charge is 0.449 e. The van der Waals surface area contributed by atoms with Crippen molar-refractivity contribution in [1.82, 2.24) is 15.3 Å². The quantitative estimate of drug-likeness (QED) is 0.844. The van der Waals surface area contributed by atoms with Crippen LogP contribution in [-0.2, 0) is 0 Å². The number of nitrogen functional groups attached to an aromatic ring is 1. The van der Waals surface area contributed by atoms with Gasteiger partial charge >= 0.3 is 0 Å². The minimum absolute atomic E-state index is 0.0731. The lowest BCUT2D eigenvalue weighted by Crippen LogP contribution is -2.24. The molecule has 1 atom stereocenters. The zero-order valence-corrected chi connectivity index (χ0v) is 10.7. The van der Waals surface area contributed by atoms with Gasteiger partial charge in [0.2, 0.25) is 0 Å². The molecule has 96 valence electrons. The highest BCUT2D eigenvalue weighted by molar-refractivity contribution is 5.43. The number of anilines is 1. The molecule has 2 aromatic heterocycles. The Balaban J connectivity index is 2.33. The lowest BCUT2D eigenvalue weighted by molar-refractivity contribution is 0.517. The molecule has 0 aliphatic rings. The molecule has 0 amide bonds. The smallest absolute Gasteiger partial charge is 0.191 e. The summed E-state index contributed by atoms with van der Waals surface area (Å²) in [4.78, 5) is 8.49. The van der Waals surface area contributed by atoms with E-state index in [1.165, 1.54) is 0 Å². The maximum atomic E-state index is 5.93. The third kappa shape index (κ3) is 2.68. The maximum absolute atomic E-state index is 5.93. The second kappa shape index (κ2) is 5.64. The van der Waals surface area contributed by atoms with E-state index in [2.05, 4.69) is 22.2 Å². The first-order chi connectivity index (χ1) is 8.72. The van der Waals surface area contributed by atoms with E-state index >= 15 is 0 Å². The van der Waals surface area contributed by atoms with Crippen LogP contribution in [0.2, 0.25) is 0 Å². The van der Waals surface area contributed by atoms with Crippen molar-refractivity contribution < 1.29 is 4.42 Å². The van der Waals surface area contributed by atoms with Crippen LogP contribution in [0.25, 0.3) is 0 Å². The Labute approximate surface area is 106 Å². The number of aryl methyl sites for hydroxylation is 1. The zero-order valence-electron chi connectivity index (χ0n) is 10.7. The molecule has 2 heterocycles. The molecule has 0 aliphatic carbocycles. The summed E-state index contributed by atoms with van der Waals surface area (Å²) in [5.41, 5.74) is 7.69. The Hall–Kier alpha value is -1.88. The summed E-state index contributed by atoms with van der Waals surface area (Å²) in [5, 5.41) is 3.41. The fourth-order valence-electron chi connectivity index (χ4n) is 1.85. The first-order valence-corrected chi connectivity index (χ1v) is 6.08. The average molecular weight is 246 g/mol. The molecule has 2 rings (SSSR count). The number of hydrogen-bond acceptors (Lipinski definition) is 5. The minimum Gasteiger partial charge on any atom is -0.449 e. The van der Waals surface area contributed by atoms with E-state index < -0.39 is 0 Å². The number of nitrogens with two attached hydrogens (primary N) is 1. The first kappa shape index (κ1) is 12.6. The van der Waals surface area contributed by atoms with Gasteiger partial charge in [-0.05, 0) is 19.0 Å². The third-order valence-electron chi connectivity index (χ3n) is 2.71. The van der Waals surface area contributed by atoms with E-state index in [-0.39, 0.29) is 6.04 Å². The predicted molar refractivity (Wildman–Crippen MR) is 70.0 cm³/mol. The molecule has 0 bridgehead atoms. The minimum atomic E-state index is -0.0731. The monoisotopic (exact) mass is 246 g/mol. The van der Waals surface area contributed by atoms with Crippen molar-refractivity contribution >= 4 is 5.82 Å². The predicted octanol–water partition coefficient (Wildman–Crippen LogP) is 2.05. The average Bonchev–Trinajstić information content (AvgIpc) is 2.78. The number of pyridine rings is 1. The lowest BCUT2D eigenvalue weighted by Gasteiger charge is -2.17. The van der Waals surface area contributed by atoms with Crippen LogP contribution in [0.4, 0.5) is 5.82 Å². The fraction of sp³-hybridized carbons (Fsp3) is 0.385. The molecular weight excluding hydrogens is 228 g/mol. The second-order valence-electron chi connectivity index (χ2n) is 4.16. The van der Waals surface area contributed by atoms with Crippen LogP contribution < -0.4 is 11.1 Å². The number of nitrogens with one attached hydrogen (secondary N) is 1. The van der Waals surface area contributed by atoms with E-state index in [0.717, 1.165) is 24.2 Å². The van der Waals surface area contributed by atoms with Crippen molar-refractivity contribution in [2.24, 2.45) is 0 Å². The highest BCUT2D eigenvalue weighted by Gasteiger charge is 2.19. The Morgan fingerprint density at radius 2 is 2.33 bits per heavy atom. The van der Waals surface area contributed by atoms with Crippen LogP contribution in [0.3, 0.4) is 0 Å². The molecule has 0 aromatic carbocycles. The molecule has 1 unspecified atom stereocenters. The molecule has 5 nitrogen and oxygen atoms in total. The number of oxazole rings is 1. The highest BCUT2D eigenvalue weighted by atomic mass is 16.3. The molecule has 2 aromatic rings. The summed E-state index contributed by atoms with van der Waals surface area (Å²) < 4.78 is 5.27. The van der Waals surface area contributed by atoms with Crippen LogP contribution in [0.15, 0.2) is 29.0 Å². The normalized spacial score (nSPS) is 12.6. The topological polar surface area (TPSA) is 77.0 Å². The van der Waals surface area contributed by atoms with Gasteiger partial charge in [0.25, 0.3) is 0 Å². The Morgan fingerprint density at radius 1 is 1.50 bits per heavy atom. The van der Waals surface area contributed by atoms with E-state index in [1.54, 1.807) is 12.5 Å². The lowest BCUT2D eigenvalue weighted by atomic mass is 10.1. The maximum Gasteiger partial charge on any atom is 0.191 e. The Bertz CT molecular complexity index is 509. The van der Waals surface area contributed by atoms with Gasteiger partial charge in [-0.3, -0.25) is 0 Å². The molecule has 3 N–H and O–H groups in total. The molecule has 5 heteroatoms. The van der Waals surface area contributed by atoms with Crippen molar-refractivity contribution in [3.8, 4) is 0 Å². The van der Waals surface area contributed by atoms with Crippen LogP contribution in [0, 0.1) is 6.92 Å². The molecule has 0 aliphatic heterocycles. The SMILES string of the molecule is CCCNC(c1coc(C)n1)c1cccnc1N. The van der Waals surface area contributed by atoms with Gasteiger partial charge in [0.05, 0.1) is 6.04 Å². The molecule has 0 saturated carbocycles. The first-order valence-electron chi connectivity index (χ1n) is 6.08. The van der Waals surface area contributed by atoms with E-state index in [4.69, 9.17) is 10.2 Å².